The fraction of sp³-hybridized carbons (Fsp3) is 0.105. The van der Waals surface area contributed by atoms with Gasteiger partial charge in [-0.3, -0.25) is 0 Å². The fourth-order valence-electron chi connectivity index (χ4n) is 2.46. The van der Waals surface area contributed by atoms with E-state index in [1.165, 1.54) is 17.3 Å². The Balaban J connectivity index is 1.52. The van der Waals surface area contributed by atoms with E-state index in [2.05, 4.69) is 21.2 Å². The lowest BCUT2D eigenvalue weighted by Gasteiger charge is -2.04. The van der Waals surface area contributed by atoms with Crippen LogP contribution in [0.25, 0.3) is 22.4 Å². The number of benzene rings is 2. The molecule has 124 valence electrons. The number of fused-ring (bicyclic) bond motifs is 1. The zero-order valence-corrected chi connectivity index (χ0v) is 15.0. The second-order valence-corrected chi connectivity index (χ2v) is 6.94. The molecule has 4 nitrogen and oxygen atoms in total. The lowest BCUT2D eigenvalue weighted by Crippen LogP contribution is -1.88. The Morgan fingerprint density at radius 2 is 1.84 bits per heavy atom. The van der Waals surface area contributed by atoms with Gasteiger partial charge in [0.1, 0.15) is 5.15 Å². The molecule has 4 aromatic rings. The molecular weight excluding hydrogens is 354 g/mol. The van der Waals surface area contributed by atoms with Gasteiger partial charge in [0.05, 0.1) is 5.52 Å². The van der Waals surface area contributed by atoms with Gasteiger partial charge in [0.15, 0.2) is 0 Å². The van der Waals surface area contributed by atoms with E-state index in [9.17, 15) is 0 Å². The van der Waals surface area contributed by atoms with E-state index in [0.29, 0.717) is 22.0 Å². The summed E-state index contributed by atoms with van der Waals surface area (Å²) in [5, 5.41) is 10.3. The summed E-state index contributed by atoms with van der Waals surface area (Å²) < 4.78 is 5.74. The van der Waals surface area contributed by atoms with Crippen molar-refractivity contribution in [2.75, 3.05) is 0 Å². The largest absolute Gasteiger partial charge is 0.411 e. The number of nitrogens with zero attached hydrogens (tertiary/aromatic N) is 3. The summed E-state index contributed by atoms with van der Waals surface area (Å²) in [7, 11) is 0. The van der Waals surface area contributed by atoms with Crippen LogP contribution < -0.4 is 0 Å². The van der Waals surface area contributed by atoms with Crippen molar-refractivity contribution >= 4 is 34.3 Å². The number of hydrogen-bond acceptors (Lipinski definition) is 5. The summed E-state index contributed by atoms with van der Waals surface area (Å²) in [6, 6.07) is 17.9. The van der Waals surface area contributed by atoms with Gasteiger partial charge in [-0.25, -0.2) is 4.98 Å². The number of para-hydroxylation sites is 1. The van der Waals surface area contributed by atoms with Gasteiger partial charge in [-0.15, -0.1) is 10.2 Å². The molecule has 0 aliphatic carbocycles. The molecule has 0 unspecified atom stereocenters. The topological polar surface area (TPSA) is 51.8 Å². The van der Waals surface area contributed by atoms with Crippen LogP contribution in [-0.4, -0.2) is 15.2 Å². The quantitative estimate of drug-likeness (QED) is 0.350. The van der Waals surface area contributed by atoms with E-state index in [-0.39, 0.29) is 0 Å². The highest BCUT2D eigenvalue weighted by Crippen LogP contribution is 2.29. The molecule has 2 heterocycles. The van der Waals surface area contributed by atoms with Crippen molar-refractivity contribution < 1.29 is 4.42 Å². The Hall–Kier alpha value is -2.37. The Labute approximate surface area is 154 Å². The van der Waals surface area contributed by atoms with Crippen LogP contribution in [0, 0.1) is 6.92 Å². The lowest BCUT2D eigenvalue weighted by atomic mass is 10.1. The molecule has 0 aliphatic heterocycles. The predicted molar refractivity (Wildman–Crippen MR) is 101 cm³/mol. The summed E-state index contributed by atoms with van der Waals surface area (Å²) >= 11 is 7.74. The van der Waals surface area contributed by atoms with Gasteiger partial charge in [0, 0.05) is 22.3 Å². The summed E-state index contributed by atoms with van der Waals surface area (Å²) in [5.74, 6) is 1.14. The number of thioether (sulfide) groups is 1. The molecule has 0 N–H and O–H groups in total. The van der Waals surface area contributed by atoms with E-state index >= 15 is 0 Å². The minimum Gasteiger partial charge on any atom is -0.411 e. The minimum atomic E-state index is 0.504. The number of aromatic nitrogens is 3. The molecular formula is C19H14ClN3OS. The minimum absolute atomic E-state index is 0.504. The molecule has 6 heteroatoms. The SMILES string of the molecule is Cc1ccc(-c2nnc(SCc3cc4ccccc4nc3Cl)o2)cc1. The van der Waals surface area contributed by atoms with Crippen molar-refractivity contribution in [3.8, 4) is 11.5 Å². The van der Waals surface area contributed by atoms with Crippen LogP contribution in [0.5, 0.6) is 0 Å². The van der Waals surface area contributed by atoms with Crippen molar-refractivity contribution in [3.05, 3.63) is 70.9 Å². The number of halogens is 1. The highest BCUT2D eigenvalue weighted by atomic mass is 35.5. The van der Waals surface area contributed by atoms with Crippen LogP contribution in [0.4, 0.5) is 0 Å². The molecule has 0 saturated carbocycles. The molecule has 0 radical (unpaired) electrons. The normalized spacial score (nSPS) is 11.1. The summed E-state index contributed by atoms with van der Waals surface area (Å²) in [6.45, 7) is 2.04. The number of rotatable bonds is 4. The monoisotopic (exact) mass is 367 g/mol. The van der Waals surface area contributed by atoms with E-state index < -0.39 is 0 Å². The standard InChI is InChI=1S/C19H14ClN3OS/c1-12-6-8-13(9-7-12)18-22-23-19(24-18)25-11-15-10-14-4-2-3-5-16(14)21-17(15)20/h2-10H,11H2,1H3. The van der Waals surface area contributed by atoms with E-state index in [0.717, 1.165) is 22.0 Å². The van der Waals surface area contributed by atoms with Crippen LogP contribution in [0.15, 0.2) is 64.2 Å². The van der Waals surface area contributed by atoms with Gasteiger partial charge in [-0.2, -0.15) is 0 Å². The van der Waals surface area contributed by atoms with Gasteiger partial charge in [0.2, 0.25) is 5.89 Å². The van der Waals surface area contributed by atoms with Crippen molar-refractivity contribution in [2.45, 2.75) is 17.9 Å². The third-order valence-electron chi connectivity index (χ3n) is 3.81. The van der Waals surface area contributed by atoms with E-state index in [1.54, 1.807) is 0 Å². The first-order chi connectivity index (χ1) is 12.2. The van der Waals surface area contributed by atoms with Crippen LogP contribution in [0.2, 0.25) is 5.15 Å². The average Bonchev–Trinajstić information content (AvgIpc) is 3.09. The second-order valence-electron chi connectivity index (χ2n) is 5.66. The first-order valence-electron chi connectivity index (χ1n) is 7.76. The van der Waals surface area contributed by atoms with Crippen LogP contribution in [-0.2, 0) is 5.75 Å². The third-order valence-corrected chi connectivity index (χ3v) is 5.00. The van der Waals surface area contributed by atoms with Crippen molar-refractivity contribution in [3.63, 3.8) is 0 Å². The number of hydrogen-bond donors (Lipinski definition) is 0. The molecule has 0 atom stereocenters. The van der Waals surface area contributed by atoms with Gasteiger partial charge in [-0.1, -0.05) is 59.3 Å². The lowest BCUT2D eigenvalue weighted by molar-refractivity contribution is 0.466. The molecule has 0 spiro atoms. The highest BCUT2D eigenvalue weighted by Gasteiger charge is 2.11. The fourth-order valence-corrected chi connectivity index (χ4v) is 3.48. The first-order valence-corrected chi connectivity index (χ1v) is 9.13. The number of aryl methyl sites for hydroxylation is 1. The maximum Gasteiger partial charge on any atom is 0.277 e. The molecule has 4 rings (SSSR count). The molecule has 0 bridgehead atoms. The molecule has 2 aromatic carbocycles. The Bertz CT molecular complexity index is 1030. The molecule has 0 fully saturated rings. The maximum absolute atomic E-state index is 6.29. The Kier molecular flexibility index (Phi) is 4.42. The van der Waals surface area contributed by atoms with Crippen LogP contribution in [0.1, 0.15) is 11.1 Å². The van der Waals surface area contributed by atoms with E-state index in [1.807, 2.05) is 55.5 Å². The summed E-state index contributed by atoms with van der Waals surface area (Å²) in [5.41, 5.74) is 3.94. The molecule has 25 heavy (non-hydrogen) atoms. The molecule has 0 amide bonds. The van der Waals surface area contributed by atoms with Crippen LogP contribution >= 0.6 is 23.4 Å². The zero-order chi connectivity index (χ0) is 17.2. The summed E-state index contributed by atoms with van der Waals surface area (Å²) in [4.78, 5) is 4.43. The smallest absolute Gasteiger partial charge is 0.277 e. The van der Waals surface area contributed by atoms with E-state index in [4.69, 9.17) is 16.0 Å². The first kappa shape index (κ1) is 16.1. The highest BCUT2D eigenvalue weighted by molar-refractivity contribution is 7.98. The molecule has 0 aliphatic rings. The van der Waals surface area contributed by atoms with Gasteiger partial charge in [-0.05, 0) is 31.2 Å². The average molecular weight is 368 g/mol. The third kappa shape index (κ3) is 3.52. The number of pyridine rings is 1. The Morgan fingerprint density at radius 1 is 1.04 bits per heavy atom. The van der Waals surface area contributed by atoms with Gasteiger partial charge < -0.3 is 4.42 Å². The van der Waals surface area contributed by atoms with Gasteiger partial charge in [0.25, 0.3) is 5.22 Å². The zero-order valence-electron chi connectivity index (χ0n) is 13.4. The Morgan fingerprint density at radius 3 is 2.68 bits per heavy atom. The van der Waals surface area contributed by atoms with Crippen molar-refractivity contribution in [1.29, 1.82) is 0 Å². The maximum atomic E-state index is 6.29. The van der Waals surface area contributed by atoms with Crippen molar-refractivity contribution in [1.82, 2.24) is 15.2 Å². The molecule has 0 saturated heterocycles. The molecule has 2 aromatic heterocycles. The van der Waals surface area contributed by atoms with Crippen molar-refractivity contribution in [2.24, 2.45) is 0 Å². The van der Waals surface area contributed by atoms with Gasteiger partial charge >= 0.3 is 0 Å². The predicted octanol–water partition coefficient (Wildman–Crippen LogP) is 5.54. The summed E-state index contributed by atoms with van der Waals surface area (Å²) in [6.07, 6.45) is 0. The second kappa shape index (κ2) is 6.86. The van der Waals surface area contributed by atoms with Crippen LogP contribution in [0.3, 0.4) is 0 Å².